The number of carbonyl (C=O) groups excluding carboxylic acids is 2. The summed E-state index contributed by atoms with van der Waals surface area (Å²) in [6.07, 6.45) is 4.86. The quantitative estimate of drug-likeness (QED) is 0.350. The van der Waals surface area contributed by atoms with Crippen LogP contribution in [0.5, 0.6) is 5.75 Å². The molecule has 6 heteroatoms. The van der Waals surface area contributed by atoms with E-state index in [-0.39, 0.29) is 5.91 Å². The molecule has 0 aliphatic heterocycles. The first-order chi connectivity index (χ1) is 15.8. The molecule has 2 atom stereocenters. The summed E-state index contributed by atoms with van der Waals surface area (Å²) in [6, 6.07) is 4.26. The highest BCUT2D eigenvalue weighted by Gasteiger charge is 2.64. The Kier molecular flexibility index (Phi) is 6.64. The normalized spacial score (nSPS) is 19.7. The van der Waals surface area contributed by atoms with E-state index in [2.05, 4.69) is 44.9 Å². The molecule has 1 aromatic heterocycles. The van der Waals surface area contributed by atoms with Crippen LogP contribution in [0.1, 0.15) is 83.9 Å². The summed E-state index contributed by atoms with van der Waals surface area (Å²) in [7, 11) is 0. The highest BCUT2D eigenvalue weighted by atomic mass is 16.5. The van der Waals surface area contributed by atoms with Gasteiger partial charge in [0.05, 0.1) is 24.6 Å². The maximum atomic E-state index is 13.0. The van der Waals surface area contributed by atoms with Crippen LogP contribution >= 0.6 is 0 Å². The minimum atomic E-state index is 0.0904. The van der Waals surface area contributed by atoms with Crippen LogP contribution in [0.4, 0.5) is 0 Å². The summed E-state index contributed by atoms with van der Waals surface area (Å²) < 4.78 is 12.4. The Morgan fingerprint density at radius 3 is 2.55 bits per heavy atom. The Balaban J connectivity index is 1.31. The molecule has 1 saturated carbocycles. The average molecular weight is 453 g/mol. The Labute approximate surface area is 196 Å². The Morgan fingerprint density at radius 2 is 1.85 bits per heavy atom. The molecule has 0 N–H and O–H groups in total. The van der Waals surface area contributed by atoms with E-state index in [0.717, 1.165) is 59.5 Å². The third-order valence-corrected chi connectivity index (χ3v) is 7.59. The van der Waals surface area contributed by atoms with Crippen molar-refractivity contribution >= 4 is 12.4 Å². The van der Waals surface area contributed by atoms with Crippen molar-refractivity contribution in [1.82, 2.24) is 9.78 Å². The second-order valence-corrected chi connectivity index (χ2v) is 10.3. The van der Waals surface area contributed by atoms with Crippen LogP contribution in [-0.2, 0) is 22.4 Å². The molecular formula is C27H36N2O4. The number of benzene rings is 1. The second kappa shape index (κ2) is 9.32. The number of hydrogen-bond acceptors (Lipinski definition) is 5. The molecule has 33 heavy (non-hydrogen) atoms. The molecule has 0 saturated heterocycles. The minimum Gasteiger partial charge on any atom is -0.493 e. The topological polar surface area (TPSA) is 70.4 Å². The van der Waals surface area contributed by atoms with Crippen molar-refractivity contribution < 1.29 is 19.1 Å². The average Bonchev–Trinajstić information content (AvgIpc) is 3.09. The van der Waals surface area contributed by atoms with E-state index >= 15 is 0 Å². The lowest BCUT2D eigenvalue weighted by atomic mass is 9.98. The number of ether oxygens (including phenoxy) is 2. The number of nitrogens with zero attached hydrogens (tertiary/aromatic N) is 2. The van der Waals surface area contributed by atoms with E-state index in [1.54, 1.807) is 4.68 Å². The van der Waals surface area contributed by atoms with Crippen molar-refractivity contribution in [2.24, 2.45) is 11.3 Å². The fourth-order valence-corrected chi connectivity index (χ4v) is 5.76. The van der Waals surface area contributed by atoms with Crippen LogP contribution in [0.15, 0.2) is 12.1 Å². The van der Waals surface area contributed by atoms with E-state index in [4.69, 9.17) is 9.47 Å². The van der Waals surface area contributed by atoms with Gasteiger partial charge in [0, 0.05) is 12.0 Å². The molecule has 2 unspecified atom stereocenters. The zero-order valence-corrected chi connectivity index (χ0v) is 20.6. The van der Waals surface area contributed by atoms with Gasteiger partial charge in [-0.15, -0.1) is 0 Å². The highest BCUT2D eigenvalue weighted by Crippen LogP contribution is 2.70. The maximum absolute atomic E-state index is 13.0. The van der Waals surface area contributed by atoms with Crippen molar-refractivity contribution in [1.29, 1.82) is 0 Å². The summed E-state index contributed by atoms with van der Waals surface area (Å²) in [5.74, 6) is 2.27. The molecule has 178 valence electrons. The molecule has 2 aliphatic carbocycles. The molecule has 0 amide bonds. The minimum absolute atomic E-state index is 0.0904. The molecule has 1 aromatic carbocycles. The van der Waals surface area contributed by atoms with Gasteiger partial charge in [0.1, 0.15) is 5.75 Å². The third kappa shape index (κ3) is 4.57. The lowest BCUT2D eigenvalue weighted by molar-refractivity contribution is -0.128. The predicted octanol–water partition coefficient (Wildman–Crippen LogP) is 5.10. The standard InChI is InChI=1S/C27H36N2O4/c1-17-13-20(14-18(2)26(17)33-12-8-6-7-11-32-16-30)9-10-23(31)29-22-15-21-25(27(21,4)5)24(22)19(3)28-29/h13-14,16,21,25H,6-12,15H2,1-5H3. The summed E-state index contributed by atoms with van der Waals surface area (Å²) in [5.41, 5.74) is 7.23. The van der Waals surface area contributed by atoms with E-state index in [0.29, 0.717) is 49.8 Å². The van der Waals surface area contributed by atoms with Crippen LogP contribution in [-0.4, -0.2) is 35.4 Å². The van der Waals surface area contributed by atoms with Crippen molar-refractivity contribution in [3.63, 3.8) is 0 Å². The summed E-state index contributed by atoms with van der Waals surface area (Å²) >= 11 is 0. The number of rotatable bonds is 11. The Morgan fingerprint density at radius 1 is 1.15 bits per heavy atom. The number of fused-ring (bicyclic) bond motifs is 3. The number of unbranched alkanes of at least 4 members (excludes halogenated alkanes) is 2. The van der Waals surface area contributed by atoms with Gasteiger partial charge in [-0.3, -0.25) is 9.59 Å². The summed E-state index contributed by atoms with van der Waals surface area (Å²) in [4.78, 5) is 23.2. The zero-order valence-electron chi connectivity index (χ0n) is 20.6. The van der Waals surface area contributed by atoms with Gasteiger partial charge in [0.2, 0.25) is 5.91 Å². The zero-order chi connectivity index (χ0) is 23.8. The smallest absolute Gasteiger partial charge is 0.293 e. The first-order valence-electron chi connectivity index (χ1n) is 12.2. The van der Waals surface area contributed by atoms with Crippen molar-refractivity contribution in [3.05, 3.63) is 45.8 Å². The largest absolute Gasteiger partial charge is 0.493 e. The van der Waals surface area contributed by atoms with Crippen LogP contribution in [0.25, 0.3) is 0 Å². The molecule has 6 nitrogen and oxygen atoms in total. The van der Waals surface area contributed by atoms with Gasteiger partial charge >= 0.3 is 0 Å². The molecule has 0 bridgehead atoms. The molecule has 4 rings (SSSR count). The van der Waals surface area contributed by atoms with Gasteiger partial charge in [-0.1, -0.05) is 26.0 Å². The first-order valence-corrected chi connectivity index (χ1v) is 12.2. The SMILES string of the molecule is Cc1cc(CCC(=O)n2nc(C)c3c2CC2C3C2(C)C)cc(C)c1OCCCCCOC=O. The highest BCUT2D eigenvalue weighted by molar-refractivity contribution is 5.80. The predicted molar refractivity (Wildman–Crippen MR) is 127 cm³/mol. The van der Waals surface area contributed by atoms with Crippen LogP contribution in [0.2, 0.25) is 0 Å². The third-order valence-electron chi connectivity index (χ3n) is 7.59. The van der Waals surface area contributed by atoms with Crippen molar-refractivity contribution in [2.45, 2.75) is 79.1 Å². The monoisotopic (exact) mass is 452 g/mol. The van der Waals surface area contributed by atoms with Crippen LogP contribution in [0.3, 0.4) is 0 Å². The fourth-order valence-electron chi connectivity index (χ4n) is 5.76. The van der Waals surface area contributed by atoms with Crippen LogP contribution < -0.4 is 4.74 Å². The van der Waals surface area contributed by atoms with E-state index in [1.165, 1.54) is 5.56 Å². The number of hydrogen-bond donors (Lipinski definition) is 0. The Bertz CT molecular complexity index is 1030. The molecular weight excluding hydrogens is 416 g/mol. The lowest BCUT2D eigenvalue weighted by Crippen LogP contribution is -2.17. The van der Waals surface area contributed by atoms with E-state index in [1.807, 2.05) is 6.92 Å². The second-order valence-electron chi connectivity index (χ2n) is 10.3. The van der Waals surface area contributed by atoms with E-state index < -0.39 is 0 Å². The molecule has 2 aliphatic rings. The van der Waals surface area contributed by atoms with Gasteiger partial charge in [-0.2, -0.15) is 5.10 Å². The Hall–Kier alpha value is -2.63. The molecule has 0 radical (unpaired) electrons. The van der Waals surface area contributed by atoms with Gasteiger partial charge in [0.15, 0.2) is 0 Å². The fraction of sp³-hybridized carbons (Fsp3) is 0.593. The molecule has 1 heterocycles. The van der Waals surface area contributed by atoms with Gasteiger partial charge in [-0.25, -0.2) is 4.68 Å². The van der Waals surface area contributed by atoms with Gasteiger partial charge in [-0.05, 0) is 86.8 Å². The molecule has 2 aromatic rings. The van der Waals surface area contributed by atoms with Gasteiger partial charge < -0.3 is 9.47 Å². The summed E-state index contributed by atoms with van der Waals surface area (Å²) in [6.45, 7) is 12.4. The van der Waals surface area contributed by atoms with E-state index in [9.17, 15) is 9.59 Å². The molecule has 0 spiro atoms. The first kappa shape index (κ1) is 23.5. The maximum Gasteiger partial charge on any atom is 0.293 e. The number of aromatic nitrogens is 2. The van der Waals surface area contributed by atoms with Crippen molar-refractivity contribution in [2.75, 3.05) is 13.2 Å². The number of carbonyl (C=O) groups is 2. The number of aryl methyl sites for hydroxylation is 4. The van der Waals surface area contributed by atoms with Crippen LogP contribution in [0, 0.1) is 32.1 Å². The van der Waals surface area contributed by atoms with Gasteiger partial charge in [0.25, 0.3) is 6.47 Å². The summed E-state index contributed by atoms with van der Waals surface area (Å²) in [5, 5.41) is 4.62. The molecule has 1 fully saturated rings. The lowest BCUT2D eigenvalue weighted by Gasteiger charge is -2.14. The van der Waals surface area contributed by atoms with Crippen molar-refractivity contribution in [3.8, 4) is 5.75 Å².